The second kappa shape index (κ2) is 5.83. The standard InChI is InChI=1S/C12H25NO2/c1-12(2,3)15-9-11(13-4)10-5-7-14-8-6-10/h10-11,13H,5-9H2,1-4H3. The third-order valence-corrected chi connectivity index (χ3v) is 2.90. The van der Waals surface area contributed by atoms with Gasteiger partial charge in [0, 0.05) is 19.3 Å². The van der Waals surface area contributed by atoms with Crippen molar-refractivity contribution in [2.75, 3.05) is 26.9 Å². The van der Waals surface area contributed by atoms with Gasteiger partial charge in [-0.05, 0) is 46.6 Å². The lowest BCUT2D eigenvalue weighted by atomic mass is 9.92. The minimum Gasteiger partial charge on any atom is -0.381 e. The molecular formula is C12H25NO2. The Bertz CT molecular complexity index is 171. The number of hydrogen-bond donors (Lipinski definition) is 1. The van der Waals surface area contributed by atoms with E-state index in [1.54, 1.807) is 0 Å². The molecule has 0 saturated carbocycles. The van der Waals surface area contributed by atoms with E-state index in [2.05, 4.69) is 26.1 Å². The van der Waals surface area contributed by atoms with Crippen LogP contribution in [0.4, 0.5) is 0 Å². The van der Waals surface area contributed by atoms with Crippen molar-refractivity contribution in [2.24, 2.45) is 5.92 Å². The highest BCUT2D eigenvalue weighted by molar-refractivity contribution is 4.78. The maximum absolute atomic E-state index is 5.83. The van der Waals surface area contributed by atoms with Crippen LogP contribution in [0.3, 0.4) is 0 Å². The molecule has 0 spiro atoms. The van der Waals surface area contributed by atoms with Crippen LogP contribution in [0.1, 0.15) is 33.6 Å². The molecule has 1 atom stereocenters. The van der Waals surface area contributed by atoms with Crippen LogP contribution in [-0.4, -0.2) is 38.5 Å². The lowest BCUT2D eigenvalue weighted by Crippen LogP contribution is -2.42. The smallest absolute Gasteiger partial charge is 0.0629 e. The molecule has 3 nitrogen and oxygen atoms in total. The van der Waals surface area contributed by atoms with Crippen LogP contribution in [0.2, 0.25) is 0 Å². The molecule has 15 heavy (non-hydrogen) atoms. The molecule has 1 aliphatic heterocycles. The summed E-state index contributed by atoms with van der Waals surface area (Å²) in [5.41, 5.74) is -0.0414. The van der Waals surface area contributed by atoms with Gasteiger partial charge < -0.3 is 14.8 Å². The Kier molecular flexibility index (Phi) is 5.03. The third-order valence-electron chi connectivity index (χ3n) is 2.90. The molecule has 0 aliphatic carbocycles. The van der Waals surface area contributed by atoms with Crippen molar-refractivity contribution in [2.45, 2.75) is 45.3 Å². The van der Waals surface area contributed by atoms with E-state index in [-0.39, 0.29) is 5.60 Å². The molecule has 0 bridgehead atoms. The van der Waals surface area contributed by atoms with E-state index in [1.807, 2.05) is 7.05 Å². The van der Waals surface area contributed by atoms with Crippen LogP contribution >= 0.6 is 0 Å². The van der Waals surface area contributed by atoms with Crippen molar-refractivity contribution in [3.05, 3.63) is 0 Å². The molecule has 1 unspecified atom stereocenters. The molecule has 1 N–H and O–H groups in total. The van der Waals surface area contributed by atoms with Crippen molar-refractivity contribution in [1.29, 1.82) is 0 Å². The van der Waals surface area contributed by atoms with Crippen molar-refractivity contribution >= 4 is 0 Å². The van der Waals surface area contributed by atoms with Crippen LogP contribution in [0, 0.1) is 5.92 Å². The molecule has 0 aromatic carbocycles. The topological polar surface area (TPSA) is 30.5 Å². The van der Waals surface area contributed by atoms with Gasteiger partial charge in [0.05, 0.1) is 12.2 Å². The number of likely N-dealkylation sites (N-methyl/N-ethyl adjacent to an activating group) is 1. The zero-order valence-electron chi connectivity index (χ0n) is 10.5. The molecule has 3 heteroatoms. The highest BCUT2D eigenvalue weighted by Gasteiger charge is 2.24. The van der Waals surface area contributed by atoms with Gasteiger partial charge in [-0.3, -0.25) is 0 Å². The SMILES string of the molecule is CNC(COC(C)(C)C)C1CCOCC1. The van der Waals surface area contributed by atoms with Gasteiger partial charge >= 0.3 is 0 Å². The summed E-state index contributed by atoms with van der Waals surface area (Å²) in [4.78, 5) is 0. The Hall–Kier alpha value is -0.120. The molecule has 0 radical (unpaired) electrons. The Morgan fingerprint density at radius 3 is 2.40 bits per heavy atom. The highest BCUT2D eigenvalue weighted by atomic mass is 16.5. The van der Waals surface area contributed by atoms with Crippen LogP contribution in [-0.2, 0) is 9.47 Å². The first-order valence-electron chi connectivity index (χ1n) is 5.92. The molecule has 1 fully saturated rings. The van der Waals surface area contributed by atoms with Crippen LogP contribution in [0.25, 0.3) is 0 Å². The summed E-state index contributed by atoms with van der Waals surface area (Å²) < 4.78 is 11.2. The second-order valence-corrected chi connectivity index (χ2v) is 5.27. The van der Waals surface area contributed by atoms with E-state index < -0.39 is 0 Å². The summed E-state index contributed by atoms with van der Waals surface area (Å²) in [5, 5.41) is 3.36. The first-order valence-corrected chi connectivity index (χ1v) is 5.92. The molecular weight excluding hydrogens is 190 g/mol. The summed E-state index contributed by atoms with van der Waals surface area (Å²) in [6, 6.07) is 0.466. The molecule has 0 aromatic rings. The zero-order chi connectivity index (χ0) is 11.3. The van der Waals surface area contributed by atoms with E-state index in [1.165, 1.54) is 0 Å². The van der Waals surface area contributed by atoms with Crippen molar-refractivity contribution in [3.8, 4) is 0 Å². The van der Waals surface area contributed by atoms with Crippen LogP contribution < -0.4 is 5.32 Å². The Morgan fingerprint density at radius 1 is 1.33 bits per heavy atom. The normalized spacial score (nSPS) is 21.6. The van der Waals surface area contributed by atoms with E-state index >= 15 is 0 Å². The van der Waals surface area contributed by atoms with Gasteiger partial charge in [0.25, 0.3) is 0 Å². The predicted octanol–water partition coefficient (Wildman–Crippen LogP) is 1.82. The molecule has 0 amide bonds. The maximum Gasteiger partial charge on any atom is 0.0629 e. The predicted molar refractivity (Wildman–Crippen MR) is 62.1 cm³/mol. The van der Waals surface area contributed by atoms with Gasteiger partial charge in [0.1, 0.15) is 0 Å². The fraction of sp³-hybridized carbons (Fsp3) is 1.00. The van der Waals surface area contributed by atoms with Crippen LogP contribution in [0.15, 0.2) is 0 Å². The maximum atomic E-state index is 5.83. The van der Waals surface area contributed by atoms with Crippen molar-refractivity contribution in [1.82, 2.24) is 5.32 Å². The fourth-order valence-corrected chi connectivity index (χ4v) is 1.91. The summed E-state index contributed by atoms with van der Waals surface area (Å²) in [5.74, 6) is 0.700. The fourth-order valence-electron chi connectivity index (χ4n) is 1.91. The van der Waals surface area contributed by atoms with Gasteiger partial charge in [-0.15, -0.1) is 0 Å². The van der Waals surface area contributed by atoms with Crippen molar-refractivity contribution in [3.63, 3.8) is 0 Å². The Morgan fingerprint density at radius 2 is 1.93 bits per heavy atom. The summed E-state index contributed by atoms with van der Waals surface area (Å²) in [7, 11) is 2.02. The quantitative estimate of drug-likeness (QED) is 0.776. The lowest BCUT2D eigenvalue weighted by molar-refractivity contribution is -0.0325. The average Bonchev–Trinajstić information content (AvgIpc) is 2.19. The van der Waals surface area contributed by atoms with Gasteiger partial charge in [-0.25, -0.2) is 0 Å². The van der Waals surface area contributed by atoms with E-state index in [9.17, 15) is 0 Å². The zero-order valence-corrected chi connectivity index (χ0v) is 10.5. The summed E-state index contributed by atoms with van der Waals surface area (Å²) >= 11 is 0. The highest BCUT2D eigenvalue weighted by Crippen LogP contribution is 2.20. The van der Waals surface area contributed by atoms with Crippen LogP contribution in [0.5, 0.6) is 0 Å². The lowest BCUT2D eigenvalue weighted by Gasteiger charge is -2.32. The molecule has 90 valence electrons. The van der Waals surface area contributed by atoms with Gasteiger partial charge in [0.15, 0.2) is 0 Å². The summed E-state index contributed by atoms with van der Waals surface area (Å²) in [6.07, 6.45) is 2.30. The third kappa shape index (κ3) is 4.96. The number of rotatable bonds is 4. The van der Waals surface area contributed by atoms with Gasteiger partial charge in [0.2, 0.25) is 0 Å². The molecule has 1 saturated heterocycles. The molecule has 0 aromatic heterocycles. The van der Waals surface area contributed by atoms with E-state index in [0.29, 0.717) is 12.0 Å². The monoisotopic (exact) mass is 215 g/mol. The largest absolute Gasteiger partial charge is 0.381 e. The van der Waals surface area contributed by atoms with E-state index in [4.69, 9.17) is 9.47 Å². The van der Waals surface area contributed by atoms with Crippen molar-refractivity contribution < 1.29 is 9.47 Å². The first kappa shape index (κ1) is 12.9. The number of nitrogens with one attached hydrogen (secondary N) is 1. The number of hydrogen-bond acceptors (Lipinski definition) is 3. The van der Waals surface area contributed by atoms with E-state index in [0.717, 1.165) is 32.7 Å². The average molecular weight is 215 g/mol. The minimum atomic E-state index is -0.0414. The molecule has 1 heterocycles. The Labute approximate surface area is 93.5 Å². The van der Waals surface area contributed by atoms with Gasteiger partial charge in [-0.1, -0.05) is 0 Å². The second-order valence-electron chi connectivity index (χ2n) is 5.27. The molecule has 1 aliphatic rings. The first-order chi connectivity index (χ1) is 7.03. The Balaban J connectivity index is 2.34. The number of ether oxygens (including phenoxy) is 2. The molecule has 1 rings (SSSR count). The van der Waals surface area contributed by atoms with Gasteiger partial charge in [-0.2, -0.15) is 0 Å². The summed E-state index contributed by atoms with van der Waals surface area (Å²) in [6.45, 7) is 8.90. The minimum absolute atomic E-state index is 0.0414.